The summed E-state index contributed by atoms with van der Waals surface area (Å²) in [5.74, 6) is 1.04. The monoisotopic (exact) mass is 530 g/mol. The van der Waals surface area contributed by atoms with Crippen LogP contribution >= 0.6 is 11.6 Å². The quantitative estimate of drug-likeness (QED) is 0.440. The molecular weight excluding hydrogens is 504 g/mol. The normalized spacial score (nSPS) is 15.0. The highest BCUT2D eigenvalue weighted by Crippen LogP contribution is 2.39. The van der Waals surface area contributed by atoms with E-state index in [2.05, 4.69) is 5.32 Å². The summed E-state index contributed by atoms with van der Waals surface area (Å²) in [4.78, 5) is 13.0. The number of fused-ring (bicyclic) bond motifs is 1. The fourth-order valence-electron chi connectivity index (χ4n) is 3.94. The van der Waals surface area contributed by atoms with Crippen LogP contribution in [0.4, 0.5) is 5.69 Å². The van der Waals surface area contributed by atoms with Crippen molar-refractivity contribution in [2.45, 2.75) is 24.8 Å². The smallest absolute Gasteiger partial charge is 0.264 e. The fraction of sp³-hybridized carbons (Fsp3) is 0.269. The summed E-state index contributed by atoms with van der Waals surface area (Å²) in [5, 5.41) is 3.11. The lowest BCUT2D eigenvalue weighted by Crippen LogP contribution is -2.51. The van der Waals surface area contributed by atoms with Crippen molar-refractivity contribution in [2.24, 2.45) is 0 Å². The van der Waals surface area contributed by atoms with Gasteiger partial charge in [-0.1, -0.05) is 17.7 Å². The van der Waals surface area contributed by atoms with Crippen molar-refractivity contribution in [1.29, 1.82) is 0 Å². The maximum atomic E-state index is 13.5. The van der Waals surface area contributed by atoms with Crippen molar-refractivity contribution in [3.63, 3.8) is 0 Å². The molecule has 0 radical (unpaired) electrons. The lowest BCUT2D eigenvalue weighted by Gasteiger charge is -2.34. The molecule has 1 N–H and O–H groups in total. The first kappa shape index (κ1) is 25.7. The zero-order chi connectivity index (χ0) is 25.9. The molecule has 0 saturated carbocycles. The molecule has 1 amide bonds. The molecule has 1 aliphatic rings. The summed E-state index contributed by atoms with van der Waals surface area (Å²) in [7, 11) is -2.52. The number of benzene rings is 3. The molecule has 0 unspecified atom stereocenters. The number of ether oxygens (including phenoxy) is 3. The van der Waals surface area contributed by atoms with E-state index in [0.29, 0.717) is 10.8 Å². The number of methoxy groups -OCH3 is 1. The van der Waals surface area contributed by atoms with Gasteiger partial charge in [-0.15, -0.1) is 0 Å². The summed E-state index contributed by atoms with van der Waals surface area (Å²) in [6.07, 6.45) is -1.06. The Labute approximate surface area is 215 Å². The number of amides is 1. The van der Waals surface area contributed by atoms with Crippen LogP contribution in [-0.4, -0.2) is 47.2 Å². The Morgan fingerprint density at radius 3 is 2.42 bits per heavy atom. The van der Waals surface area contributed by atoms with Crippen LogP contribution in [0.1, 0.15) is 11.1 Å². The highest BCUT2D eigenvalue weighted by atomic mass is 35.5. The van der Waals surface area contributed by atoms with Crippen molar-refractivity contribution in [1.82, 2.24) is 5.32 Å². The van der Waals surface area contributed by atoms with Crippen LogP contribution in [0, 0.1) is 13.8 Å². The first-order valence-electron chi connectivity index (χ1n) is 11.3. The number of rotatable bonds is 8. The minimum atomic E-state index is -4.02. The highest BCUT2D eigenvalue weighted by molar-refractivity contribution is 7.92. The number of nitrogens with zero attached hydrogens (tertiary/aromatic N) is 1. The SMILES string of the molecule is COc1ccc(S(=O)(=O)N2C[C@H](C(=O)NCCOc3cc(C)cc(C)c3)Oc3ccc(Cl)cc32)cc1. The van der Waals surface area contributed by atoms with Gasteiger partial charge in [-0.2, -0.15) is 0 Å². The number of anilines is 1. The van der Waals surface area contributed by atoms with Crippen LogP contribution in [0.2, 0.25) is 5.02 Å². The van der Waals surface area contributed by atoms with E-state index in [0.717, 1.165) is 21.2 Å². The van der Waals surface area contributed by atoms with Gasteiger partial charge in [-0.3, -0.25) is 9.10 Å². The van der Waals surface area contributed by atoms with Gasteiger partial charge in [0.2, 0.25) is 0 Å². The number of sulfonamides is 1. The molecule has 0 aliphatic carbocycles. The lowest BCUT2D eigenvalue weighted by molar-refractivity contribution is -0.127. The van der Waals surface area contributed by atoms with Crippen LogP contribution in [-0.2, 0) is 14.8 Å². The van der Waals surface area contributed by atoms with E-state index >= 15 is 0 Å². The molecule has 0 saturated heterocycles. The lowest BCUT2D eigenvalue weighted by atomic mass is 10.1. The summed E-state index contributed by atoms with van der Waals surface area (Å²) in [6, 6.07) is 16.5. The van der Waals surface area contributed by atoms with Gasteiger partial charge >= 0.3 is 0 Å². The number of carbonyl (C=O) groups excluding carboxylic acids is 1. The predicted molar refractivity (Wildman–Crippen MR) is 138 cm³/mol. The van der Waals surface area contributed by atoms with E-state index in [4.69, 9.17) is 25.8 Å². The molecule has 3 aromatic rings. The third-order valence-corrected chi connectivity index (χ3v) is 7.62. The first-order valence-corrected chi connectivity index (χ1v) is 13.1. The van der Waals surface area contributed by atoms with Crippen molar-refractivity contribution in [3.8, 4) is 17.2 Å². The van der Waals surface area contributed by atoms with Gasteiger partial charge in [-0.25, -0.2) is 8.42 Å². The van der Waals surface area contributed by atoms with Gasteiger partial charge in [0.05, 0.1) is 30.8 Å². The van der Waals surface area contributed by atoms with Crippen LogP contribution in [0.3, 0.4) is 0 Å². The number of carbonyl (C=O) groups is 1. The van der Waals surface area contributed by atoms with Crippen molar-refractivity contribution in [2.75, 3.05) is 31.1 Å². The van der Waals surface area contributed by atoms with E-state index in [1.165, 1.54) is 25.3 Å². The molecule has 190 valence electrons. The van der Waals surface area contributed by atoms with E-state index in [9.17, 15) is 13.2 Å². The molecule has 1 atom stereocenters. The Morgan fingerprint density at radius 1 is 1.06 bits per heavy atom. The number of halogens is 1. The van der Waals surface area contributed by atoms with Gasteiger partial charge in [0, 0.05) is 5.02 Å². The average Bonchev–Trinajstić information content (AvgIpc) is 2.85. The molecule has 36 heavy (non-hydrogen) atoms. The zero-order valence-electron chi connectivity index (χ0n) is 20.2. The molecule has 3 aromatic carbocycles. The summed E-state index contributed by atoms with van der Waals surface area (Å²) in [6.45, 7) is 4.23. The second-order valence-electron chi connectivity index (χ2n) is 8.39. The third kappa shape index (κ3) is 5.68. The highest BCUT2D eigenvalue weighted by Gasteiger charge is 2.37. The molecule has 1 heterocycles. The molecule has 0 aromatic heterocycles. The Morgan fingerprint density at radius 2 is 1.75 bits per heavy atom. The summed E-state index contributed by atoms with van der Waals surface area (Å²) in [5.41, 5.74) is 2.43. The minimum Gasteiger partial charge on any atom is -0.497 e. The van der Waals surface area contributed by atoms with Gasteiger partial charge in [0.15, 0.2) is 6.10 Å². The summed E-state index contributed by atoms with van der Waals surface area (Å²) >= 11 is 6.14. The molecule has 1 aliphatic heterocycles. The molecule has 0 fully saturated rings. The number of nitrogens with one attached hydrogen (secondary N) is 1. The Bertz CT molecular complexity index is 1340. The van der Waals surface area contributed by atoms with Crippen molar-refractivity contribution in [3.05, 3.63) is 76.8 Å². The van der Waals surface area contributed by atoms with Gasteiger partial charge < -0.3 is 19.5 Å². The zero-order valence-corrected chi connectivity index (χ0v) is 21.7. The van der Waals surface area contributed by atoms with Crippen LogP contribution < -0.4 is 23.8 Å². The van der Waals surface area contributed by atoms with Crippen molar-refractivity contribution >= 4 is 33.2 Å². The second-order valence-corrected chi connectivity index (χ2v) is 10.7. The van der Waals surface area contributed by atoms with E-state index < -0.39 is 22.0 Å². The molecule has 0 spiro atoms. The molecule has 8 nitrogen and oxygen atoms in total. The number of aryl methyl sites for hydroxylation is 2. The number of hydrogen-bond donors (Lipinski definition) is 1. The minimum absolute atomic E-state index is 0.0529. The van der Waals surface area contributed by atoms with Gasteiger partial charge in [-0.05, 0) is 79.6 Å². The topological polar surface area (TPSA) is 94.2 Å². The maximum absolute atomic E-state index is 13.5. The molecule has 4 rings (SSSR count). The molecule has 0 bridgehead atoms. The second kappa shape index (κ2) is 10.7. The van der Waals surface area contributed by atoms with Gasteiger partial charge in [0.25, 0.3) is 15.9 Å². The Balaban J connectivity index is 1.49. The third-order valence-electron chi connectivity index (χ3n) is 5.60. The standard InChI is InChI=1S/C26H27ClN2O6S/c1-17-12-18(2)14-21(13-17)34-11-10-28-26(30)25-16-29(23-15-19(27)4-9-24(23)35-25)36(31,32)22-7-5-20(33-3)6-8-22/h4-9,12-15,25H,10-11,16H2,1-3H3,(H,28,30)/t25-/m1/s1. The fourth-order valence-corrected chi connectivity index (χ4v) is 5.57. The van der Waals surface area contributed by atoms with Gasteiger partial charge in [0.1, 0.15) is 23.9 Å². The van der Waals surface area contributed by atoms with E-state index in [1.54, 1.807) is 24.3 Å². The number of hydrogen-bond acceptors (Lipinski definition) is 6. The largest absolute Gasteiger partial charge is 0.497 e. The van der Waals surface area contributed by atoms with Crippen molar-refractivity contribution < 1.29 is 27.4 Å². The average molecular weight is 531 g/mol. The van der Waals surface area contributed by atoms with E-state index in [-0.39, 0.29) is 36.0 Å². The van der Waals surface area contributed by atoms with Crippen LogP contribution in [0.15, 0.2) is 65.6 Å². The Kier molecular flexibility index (Phi) is 7.61. The predicted octanol–water partition coefficient (Wildman–Crippen LogP) is 4.12. The van der Waals surface area contributed by atoms with Crippen LogP contribution in [0.25, 0.3) is 0 Å². The molecule has 10 heteroatoms. The summed E-state index contributed by atoms with van der Waals surface area (Å²) < 4.78 is 44.9. The van der Waals surface area contributed by atoms with Crippen LogP contribution in [0.5, 0.6) is 17.2 Å². The Hall–Kier alpha value is -3.43. The molecular formula is C26H27ClN2O6S. The maximum Gasteiger partial charge on any atom is 0.264 e. The van der Waals surface area contributed by atoms with E-state index in [1.807, 2.05) is 32.0 Å². The first-order chi connectivity index (χ1) is 17.2.